The lowest BCUT2D eigenvalue weighted by molar-refractivity contribution is 0.0450. The summed E-state index contributed by atoms with van der Waals surface area (Å²) in [6.45, 7) is 4.58. The molecule has 8 nitrogen and oxygen atoms in total. The van der Waals surface area contributed by atoms with Crippen molar-refractivity contribution in [2.75, 3.05) is 26.4 Å². The summed E-state index contributed by atoms with van der Waals surface area (Å²) in [5.41, 5.74) is -0.0671. The van der Waals surface area contributed by atoms with Gasteiger partial charge in [-0.15, -0.1) is 0 Å². The first-order valence-electron chi connectivity index (χ1n) is 21.5. The molecule has 0 aliphatic heterocycles. The van der Waals surface area contributed by atoms with Crippen molar-refractivity contribution >= 4 is 5.97 Å². The average Bonchev–Trinajstić information content (AvgIpc) is 3.15. The average molecular weight is 743 g/mol. The largest absolute Gasteiger partial charge is 0.507 e. The highest BCUT2D eigenvalue weighted by Gasteiger charge is 2.05. The van der Waals surface area contributed by atoms with Gasteiger partial charge in [-0.25, -0.2) is 4.79 Å². The van der Waals surface area contributed by atoms with Crippen molar-refractivity contribution in [3.63, 3.8) is 0 Å². The van der Waals surface area contributed by atoms with Crippen molar-refractivity contribution in [2.45, 2.75) is 213 Å². The zero-order valence-corrected chi connectivity index (χ0v) is 34.0. The van der Waals surface area contributed by atoms with Crippen LogP contribution in [-0.2, 0) is 0 Å². The van der Waals surface area contributed by atoms with E-state index in [1.807, 2.05) is 0 Å². The molecule has 1 aromatic carbocycles. The molecule has 310 valence electrons. The Hall–Kier alpha value is -1.71. The summed E-state index contributed by atoms with van der Waals surface area (Å²) in [6, 6.07) is 5.81. The van der Waals surface area contributed by atoms with E-state index in [9.17, 15) is 4.79 Å². The van der Waals surface area contributed by atoms with Crippen molar-refractivity contribution in [1.29, 1.82) is 0 Å². The number of benzene rings is 1. The third-order valence-corrected chi connectivity index (χ3v) is 9.08. The number of rotatable bonds is 33. The summed E-state index contributed by atoms with van der Waals surface area (Å²) in [6.07, 6.45) is 40.4. The molecule has 0 atom stereocenters. The molecule has 0 radical (unpaired) electrons. The second-order valence-corrected chi connectivity index (χ2v) is 14.2. The molecule has 0 aliphatic rings. The normalized spacial score (nSPS) is 10.5. The Balaban J connectivity index is -0.000000661. The summed E-state index contributed by atoms with van der Waals surface area (Å²) >= 11 is 0. The number of carbonyl (C=O) groups is 1. The van der Waals surface area contributed by atoms with Gasteiger partial charge in [-0.3, -0.25) is 0 Å². The van der Waals surface area contributed by atoms with Crippen molar-refractivity contribution in [3.05, 3.63) is 29.8 Å². The number of aromatic carboxylic acids is 1. The predicted octanol–water partition coefficient (Wildman–Crippen LogP) is 11.1. The van der Waals surface area contributed by atoms with Gasteiger partial charge in [0.05, 0.1) is 13.2 Å². The van der Waals surface area contributed by atoms with E-state index in [4.69, 9.17) is 35.7 Å². The lowest BCUT2D eigenvalue weighted by atomic mass is 10.0. The molecule has 0 spiro atoms. The Bertz CT molecular complexity index is 757. The van der Waals surface area contributed by atoms with Gasteiger partial charge in [-0.05, 0) is 25.0 Å². The highest BCUT2D eigenvalue weighted by atomic mass is 16.4. The van der Waals surface area contributed by atoms with Crippen molar-refractivity contribution in [1.82, 2.24) is 0 Å². The summed E-state index contributed by atoms with van der Waals surface area (Å²) in [5.74, 6) is -1.31. The third kappa shape index (κ3) is 48.3. The minimum Gasteiger partial charge on any atom is -0.507 e. The quantitative estimate of drug-likeness (QED) is 0.0350. The van der Waals surface area contributed by atoms with Gasteiger partial charge in [-0.1, -0.05) is 206 Å². The fraction of sp³-hybridized carbons (Fsp3) is 0.841. The van der Waals surface area contributed by atoms with Crippen LogP contribution in [0.15, 0.2) is 24.3 Å². The first kappa shape index (κ1) is 54.6. The first-order valence-corrected chi connectivity index (χ1v) is 21.5. The van der Waals surface area contributed by atoms with Crippen LogP contribution in [0.25, 0.3) is 0 Å². The van der Waals surface area contributed by atoms with Crippen molar-refractivity contribution < 1.29 is 40.5 Å². The van der Waals surface area contributed by atoms with Crippen molar-refractivity contribution in [2.24, 2.45) is 0 Å². The van der Waals surface area contributed by atoms with Gasteiger partial charge in [-0.2, -0.15) is 0 Å². The molecule has 1 rings (SSSR count). The number of para-hydroxylation sites is 1. The van der Waals surface area contributed by atoms with E-state index in [1.165, 1.54) is 192 Å². The van der Waals surface area contributed by atoms with Gasteiger partial charge < -0.3 is 35.7 Å². The summed E-state index contributed by atoms with van der Waals surface area (Å²) in [7, 11) is 0. The number of phenols is 1. The second-order valence-electron chi connectivity index (χ2n) is 14.2. The Morgan fingerprint density at radius 3 is 0.885 bits per heavy atom. The molecule has 7 N–H and O–H groups in total. The van der Waals surface area contributed by atoms with Crippen LogP contribution in [-0.4, -0.2) is 74.2 Å². The number of hydrogen-bond acceptors (Lipinski definition) is 7. The highest BCUT2D eigenvalue weighted by Crippen LogP contribution is 2.16. The maximum Gasteiger partial charge on any atom is 0.339 e. The molecular weight excluding hydrogens is 656 g/mol. The van der Waals surface area contributed by atoms with Gasteiger partial charge in [0.1, 0.15) is 17.4 Å². The van der Waals surface area contributed by atoms with Crippen LogP contribution in [0.5, 0.6) is 5.75 Å². The van der Waals surface area contributed by atoms with Crippen LogP contribution in [0.1, 0.15) is 217 Å². The van der Waals surface area contributed by atoms with Gasteiger partial charge in [0.2, 0.25) is 0 Å². The molecule has 0 aliphatic carbocycles. The van der Waals surface area contributed by atoms with Crippen LogP contribution < -0.4 is 0 Å². The summed E-state index contributed by atoms with van der Waals surface area (Å²) in [5, 5.41) is 58.6. The zero-order chi connectivity index (χ0) is 39.2. The highest BCUT2D eigenvalue weighted by molar-refractivity contribution is 5.90. The van der Waals surface area contributed by atoms with Crippen molar-refractivity contribution in [3.8, 4) is 5.75 Å². The standard InChI is InChI=1S/C18H38O.C16H34O.C7H6O3.C3H8O3/c1-2-3-4-5-6-7-8-9-10-11-12-13-14-15-16-17-18-19;1-2-3-4-5-6-7-8-9-10-11-12-13-14-15-16-17;8-6-4-2-1-3-5(6)7(9)10;4-1-3(6)2-5/h19H,2-18H2,1H3;17H,2-16H2,1H3;1-4,8H,(H,9,10);3-6H,1-2H2. The Labute approximate surface area is 320 Å². The summed E-state index contributed by atoms with van der Waals surface area (Å²) in [4.78, 5) is 10.3. The molecule has 0 saturated heterocycles. The van der Waals surface area contributed by atoms with Gasteiger partial charge in [0, 0.05) is 13.2 Å². The van der Waals surface area contributed by atoms with E-state index < -0.39 is 12.1 Å². The van der Waals surface area contributed by atoms with Crippen LogP contribution in [0.2, 0.25) is 0 Å². The van der Waals surface area contributed by atoms with E-state index in [1.54, 1.807) is 12.1 Å². The molecule has 52 heavy (non-hydrogen) atoms. The number of hydrogen-bond donors (Lipinski definition) is 7. The molecule has 8 heteroatoms. The predicted molar refractivity (Wildman–Crippen MR) is 219 cm³/mol. The smallest absolute Gasteiger partial charge is 0.339 e. The third-order valence-electron chi connectivity index (χ3n) is 9.08. The van der Waals surface area contributed by atoms with E-state index in [0.717, 1.165) is 12.8 Å². The topological polar surface area (TPSA) is 159 Å². The molecular formula is C44H86O8. The fourth-order valence-electron chi connectivity index (χ4n) is 5.68. The van der Waals surface area contributed by atoms with Gasteiger partial charge >= 0.3 is 5.97 Å². The van der Waals surface area contributed by atoms with E-state index in [0.29, 0.717) is 13.2 Å². The number of aliphatic hydroxyl groups excluding tert-OH is 5. The molecule has 0 aromatic heterocycles. The molecule has 0 saturated carbocycles. The minimum absolute atomic E-state index is 0.0671. The zero-order valence-electron chi connectivity index (χ0n) is 34.0. The molecule has 0 amide bonds. The van der Waals surface area contributed by atoms with E-state index in [-0.39, 0.29) is 24.5 Å². The first-order chi connectivity index (χ1) is 25.4. The van der Waals surface area contributed by atoms with Crippen LogP contribution in [0, 0.1) is 0 Å². The van der Waals surface area contributed by atoms with E-state index in [2.05, 4.69) is 13.8 Å². The molecule has 0 bridgehead atoms. The van der Waals surface area contributed by atoms with Gasteiger partial charge in [0.15, 0.2) is 0 Å². The number of unbranched alkanes of at least 4 members (excludes halogenated alkanes) is 28. The van der Waals surface area contributed by atoms with Crippen LogP contribution in [0.4, 0.5) is 0 Å². The Kier molecular flexibility index (Phi) is 51.8. The maximum absolute atomic E-state index is 10.3. The number of carboxylic acid groups (broad SMARTS) is 1. The number of aromatic hydroxyl groups is 1. The Morgan fingerprint density at radius 2 is 0.712 bits per heavy atom. The summed E-state index contributed by atoms with van der Waals surface area (Å²) < 4.78 is 0. The van der Waals surface area contributed by atoms with Crippen LogP contribution >= 0.6 is 0 Å². The number of carboxylic acids is 1. The van der Waals surface area contributed by atoms with Gasteiger partial charge in [0.25, 0.3) is 0 Å². The fourth-order valence-corrected chi connectivity index (χ4v) is 5.68. The van der Waals surface area contributed by atoms with E-state index >= 15 is 0 Å². The maximum atomic E-state index is 10.3. The molecule has 0 unspecified atom stereocenters. The molecule has 0 heterocycles. The second kappa shape index (κ2) is 49.3. The lowest BCUT2D eigenvalue weighted by Crippen LogP contribution is -2.15. The molecule has 1 aromatic rings. The Morgan fingerprint density at radius 1 is 0.462 bits per heavy atom. The molecule has 0 fully saturated rings. The van der Waals surface area contributed by atoms with Crippen LogP contribution in [0.3, 0.4) is 0 Å². The lowest BCUT2D eigenvalue weighted by Gasteiger charge is -2.03. The minimum atomic E-state index is -1.11. The monoisotopic (exact) mass is 743 g/mol. The SMILES string of the molecule is CCCCCCCCCCCCCCCCCCO.CCCCCCCCCCCCCCCCO.O=C(O)c1ccccc1O.OCC(O)CO. The number of aliphatic hydroxyl groups is 5.